The molecule has 0 radical (unpaired) electrons. The first kappa shape index (κ1) is 18.2. The third-order valence-electron chi connectivity index (χ3n) is 4.17. The van der Waals surface area contributed by atoms with Gasteiger partial charge >= 0.3 is 6.18 Å². The minimum atomic E-state index is -4.40. The average Bonchev–Trinajstić information content (AvgIpc) is 2.66. The van der Waals surface area contributed by atoms with Crippen LogP contribution in [0.2, 0.25) is 0 Å². The average molecular weight is 364 g/mol. The minimum Gasteiger partial charge on any atom is -0.366 e. The van der Waals surface area contributed by atoms with E-state index in [0.29, 0.717) is 25.2 Å². The van der Waals surface area contributed by atoms with Crippen LogP contribution in [0.4, 0.5) is 19.0 Å². The molecule has 1 aromatic carbocycles. The van der Waals surface area contributed by atoms with Gasteiger partial charge in [-0.25, -0.2) is 4.98 Å². The van der Waals surface area contributed by atoms with Crippen LogP contribution in [0.1, 0.15) is 21.5 Å². The molecule has 26 heavy (non-hydrogen) atoms. The molecular weight excluding hydrogens is 345 g/mol. The lowest BCUT2D eigenvalue weighted by molar-refractivity contribution is -0.137. The van der Waals surface area contributed by atoms with Crippen molar-refractivity contribution >= 4 is 11.7 Å². The molecule has 8 heteroatoms. The molecule has 1 aromatic heterocycles. The molecule has 1 aliphatic heterocycles. The molecule has 0 atom stereocenters. The summed E-state index contributed by atoms with van der Waals surface area (Å²) in [6.45, 7) is 3.26. The van der Waals surface area contributed by atoms with Crippen molar-refractivity contribution in [1.82, 2.24) is 15.2 Å². The Morgan fingerprint density at radius 2 is 1.85 bits per heavy atom. The summed E-state index contributed by atoms with van der Waals surface area (Å²) in [4.78, 5) is 18.1. The van der Waals surface area contributed by atoms with Crippen LogP contribution in [-0.4, -0.2) is 42.0 Å². The maximum absolute atomic E-state index is 12.7. The van der Waals surface area contributed by atoms with Crippen LogP contribution in [0.3, 0.4) is 0 Å². The molecule has 2 heterocycles. The highest BCUT2D eigenvalue weighted by Gasteiger charge is 2.30. The number of halogens is 3. The van der Waals surface area contributed by atoms with E-state index in [9.17, 15) is 18.0 Å². The van der Waals surface area contributed by atoms with Crippen LogP contribution in [-0.2, 0) is 12.7 Å². The summed E-state index contributed by atoms with van der Waals surface area (Å²) in [6.07, 6.45) is -3.27. The summed E-state index contributed by atoms with van der Waals surface area (Å²) in [5, 5.41) is 6.07. The molecule has 1 amide bonds. The first-order valence-corrected chi connectivity index (χ1v) is 8.29. The Hall–Kier alpha value is -2.61. The van der Waals surface area contributed by atoms with E-state index in [1.807, 2.05) is 0 Å². The van der Waals surface area contributed by atoms with Gasteiger partial charge in [0, 0.05) is 44.5 Å². The van der Waals surface area contributed by atoms with Gasteiger partial charge in [-0.05, 0) is 29.8 Å². The van der Waals surface area contributed by atoms with Crippen LogP contribution >= 0.6 is 0 Å². The van der Waals surface area contributed by atoms with Gasteiger partial charge in [0.1, 0.15) is 5.82 Å². The number of hydrogen-bond acceptors (Lipinski definition) is 4. The molecule has 3 rings (SSSR count). The number of benzene rings is 1. The third-order valence-corrected chi connectivity index (χ3v) is 4.17. The number of aromatic nitrogens is 1. The van der Waals surface area contributed by atoms with Crippen LogP contribution in [0.25, 0.3) is 0 Å². The highest BCUT2D eigenvalue weighted by molar-refractivity contribution is 5.94. The summed E-state index contributed by atoms with van der Waals surface area (Å²) in [5.74, 6) is 0.145. The molecule has 1 saturated heterocycles. The zero-order valence-corrected chi connectivity index (χ0v) is 14.0. The number of nitrogens with one attached hydrogen (secondary N) is 2. The zero-order valence-electron chi connectivity index (χ0n) is 14.0. The molecule has 0 spiro atoms. The molecular formula is C18H19F3N4O. The Kier molecular flexibility index (Phi) is 5.41. The number of anilines is 1. The Balaban J connectivity index is 1.60. The maximum Gasteiger partial charge on any atom is 0.416 e. The number of nitrogens with zero attached hydrogens (tertiary/aromatic N) is 2. The Morgan fingerprint density at radius 3 is 2.50 bits per heavy atom. The molecule has 1 aliphatic rings. The standard InChI is InChI=1S/C18H19F3N4O/c19-18(20,21)15-5-6-23-16(11-15)24-12-13-1-3-14(4-2-13)17(26)25-9-7-22-8-10-25/h1-6,11,22H,7-10,12H2,(H,23,24). The molecule has 0 aliphatic carbocycles. The van der Waals surface area contributed by atoms with Gasteiger partial charge in [0.05, 0.1) is 5.56 Å². The molecule has 2 aromatic rings. The lowest BCUT2D eigenvalue weighted by Crippen LogP contribution is -2.46. The highest BCUT2D eigenvalue weighted by Crippen LogP contribution is 2.29. The molecule has 2 N–H and O–H groups in total. The fourth-order valence-electron chi connectivity index (χ4n) is 2.71. The zero-order chi connectivity index (χ0) is 18.6. The third kappa shape index (κ3) is 4.51. The second kappa shape index (κ2) is 7.74. The van der Waals surface area contributed by atoms with Gasteiger partial charge in [-0.1, -0.05) is 12.1 Å². The lowest BCUT2D eigenvalue weighted by Gasteiger charge is -2.27. The first-order chi connectivity index (χ1) is 12.4. The topological polar surface area (TPSA) is 57.3 Å². The molecule has 138 valence electrons. The minimum absolute atomic E-state index is 0.00875. The van der Waals surface area contributed by atoms with E-state index < -0.39 is 11.7 Å². The largest absolute Gasteiger partial charge is 0.416 e. The van der Waals surface area contributed by atoms with E-state index in [-0.39, 0.29) is 11.7 Å². The van der Waals surface area contributed by atoms with Gasteiger partial charge in [-0.2, -0.15) is 13.2 Å². The number of hydrogen-bond donors (Lipinski definition) is 2. The van der Waals surface area contributed by atoms with E-state index in [1.54, 1.807) is 29.2 Å². The predicted molar refractivity (Wildman–Crippen MR) is 91.8 cm³/mol. The second-order valence-corrected chi connectivity index (χ2v) is 6.02. The highest BCUT2D eigenvalue weighted by atomic mass is 19.4. The fraction of sp³-hybridized carbons (Fsp3) is 0.333. The van der Waals surface area contributed by atoms with Crippen molar-refractivity contribution in [2.75, 3.05) is 31.5 Å². The van der Waals surface area contributed by atoms with Crippen molar-refractivity contribution < 1.29 is 18.0 Å². The van der Waals surface area contributed by atoms with Crippen LogP contribution in [0, 0.1) is 0 Å². The second-order valence-electron chi connectivity index (χ2n) is 6.02. The Labute approximate surface area is 149 Å². The van der Waals surface area contributed by atoms with E-state index in [2.05, 4.69) is 15.6 Å². The quantitative estimate of drug-likeness (QED) is 0.876. The summed E-state index contributed by atoms with van der Waals surface area (Å²) in [7, 11) is 0. The molecule has 1 fully saturated rings. The lowest BCUT2D eigenvalue weighted by atomic mass is 10.1. The van der Waals surface area contributed by atoms with Gasteiger partial charge < -0.3 is 15.5 Å². The first-order valence-electron chi connectivity index (χ1n) is 8.29. The fourth-order valence-corrected chi connectivity index (χ4v) is 2.71. The van der Waals surface area contributed by atoms with Crippen molar-refractivity contribution in [3.63, 3.8) is 0 Å². The van der Waals surface area contributed by atoms with Crippen LogP contribution in [0.5, 0.6) is 0 Å². The number of carbonyl (C=O) groups is 1. The van der Waals surface area contributed by atoms with Crippen molar-refractivity contribution in [1.29, 1.82) is 0 Å². The van der Waals surface area contributed by atoms with Gasteiger partial charge in [0.25, 0.3) is 5.91 Å². The van der Waals surface area contributed by atoms with Crippen LogP contribution < -0.4 is 10.6 Å². The number of pyridine rings is 1. The summed E-state index contributed by atoms with van der Waals surface area (Å²) in [5.41, 5.74) is 0.709. The summed E-state index contributed by atoms with van der Waals surface area (Å²) in [6, 6.07) is 8.96. The van der Waals surface area contributed by atoms with Crippen molar-refractivity contribution in [2.45, 2.75) is 12.7 Å². The number of amides is 1. The normalized spacial score (nSPS) is 15.0. The smallest absolute Gasteiger partial charge is 0.366 e. The monoisotopic (exact) mass is 364 g/mol. The van der Waals surface area contributed by atoms with E-state index in [4.69, 9.17) is 0 Å². The van der Waals surface area contributed by atoms with Crippen molar-refractivity contribution in [3.8, 4) is 0 Å². The summed E-state index contributed by atoms with van der Waals surface area (Å²) < 4.78 is 38.1. The Morgan fingerprint density at radius 1 is 1.15 bits per heavy atom. The predicted octanol–water partition coefficient (Wildman–Crippen LogP) is 2.76. The van der Waals surface area contributed by atoms with E-state index in [0.717, 1.165) is 37.0 Å². The van der Waals surface area contributed by atoms with Gasteiger partial charge in [0.2, 0.25) is 0 Å². The number of carbonyl (C=O) groups excluding carboxylic acids is 1. The number of piperazine rings is 1. The molecule has 5 nitrogen and oxygen atoms in total. The van der Waals surface area contributed by atoms with Gasteiger partial charge in [-0.15, -0.1) is 0 Å². The molecule has 0 bridgehead atoms. The Bertz CT molecular complexity index is 756. The maximum atomic E-state index is 12.7. The number of rotatable bonds is 4. The van der Waals surface area contributed by atoms with Crippen LogP contribution in [0.15, 0.2) is 42.6 Å². The van der Waals surface area contributed by atoms with E-state index >= 15 is 0 Å². The summed E-state index contributed by atoms with van der Waals surface area (Å²) >= 11 is 0. The molecule has 0 saturated carbocycles. The molecule has 0 unspecified atom stereocenters. The van der Waals surface area contributed by atoms with Gasteiger partial charge in [0.15, 0.2) is 0 Å². The van der Waals surface area contributed by atoms with Crippen molar-refractivity contribution in [2.24, 2.45) is 0 Å². The van der Waals surface area contributed by atoms with Crippen molar-refractivity contribution in [3.05, 3.63) is 59.3 Å². The van der Waals surface area contributed by atoms with Gasteiger partial charge in [-0.3, -0.25) is 4.79 Å². The SMILES string of the molecule is O=C(c1ccc(CNc2cc(C(F)(F)F)ccn2)cc1)N1CCNCC1. The number of alkyl halides is 3. The van der Waals surface area contributed by atoms with E-state index in [1.165, 1.54) is 0 Å².